The molecule has 26 heavy (non-hydrogen) atoms. The van der Waals surface area contributed by atoms with E-state index in [0.29, 0.717) is 21.5 Å². The monoisotopic (exact) mass is 348 g/mol. The molecule has 0 fully saturated rings. The zero-order chi connectivity index (χ0) is 18.5. The van der Waals surface area contributed by atoms with Gasteiger partial charge in [0.05, 0.1) is 11.4 Å². The molecule has 0 spiro atoms. The fourth-order valence-corrected chi connectivity index (χ4v) is 2.37. The van der Waals surface area contributed by atoms with Crippen LogP contribution < -0.4 is 10.1 Å². The second-order valence-corrected chi connectivity index (χ2v) is 5.48. The third kappa shape index (κ3) is 3.61. The molecule has 0 aliphatic heterocycles. The second kappa shape index (κ2) is 7.60. The zero-order valence-corrected chi connectivity index (χ0v) is 13.7. The smallest absolute Gasteiger partial charge is 0.281 e. The highest BCUT2D eigenvalue weighted by Gasteiger charge is 2.18. The molecule has 0 saturated heterocycles. The highest BCUT2D eigenvalue weighted by Crippen LogP contribution is 2.17. The molecular formula is C20H16N2O4. The Morgan fingerprint density at radius 3 is 1.15 bits per heavy atom. The van der Waals surface area contributed by atoms with Gasteiger partial charge in [-0.25, -0.2) is 0 Å². The summed E-state index contributed by atoms with van der Waals surface area (Å²) in [5.74, 6) is -1.25. The van der Waals surface area contributed by atoms with Gasteiger partial charge in [0.2, 0.25) is 0 Å². The Morgan fingerprint density at radius 2 is 0.846 bits per heavy atom. The highest BCUT2D eigenvalue weighted by molar-refractivity contribution is 6.07. The van der Waals surface area contributed by atoms with Crippen LogP contribution in [0.5, 0.6) is 0 Å². The molecule has 130 valence electrons. The van der Waals surface area contributed by atoms with Gasteiger partial charge in [-0.3, -0.25) is 20.0 Å². The van der Waals surface area contributed by atoms with E-state index in [1.165, 1.54) is 24.3 Å². The molecule has 0 radical (unpaired) electrons. The lowest BCUT2D eigenvalue weighted by atomic mass is 10.1. The normalized spacial score (nSPS) is 10.2. The van der Waals surface area contributed by atoms with E-state index in [-0.39, 0.29) is 11.1 Å². The van der Waals surface area contributed by atoms with Gasteiger partial charge in [0, 0.05) is 11.1 Å². The van der Waals surface area contributed by atoms with Crippen LogP contribution in [0.1, 0.15) is 20.7 Å². The van der Waals surface area contributed by atoms with E-state index in [0.717, 1.165) is 0 Å². The van der Waals surface area contributed by atoms with Crippen molar-refractivity contribution in [1.29, 1.82) is 0 Å². The van der Waals surface area contributed by atoms with E-state index in [2.05, 4.69) is 0 Å². The largest absolute Gasteiger partial charge is 0.281 e. The topological polar surface area (TPSA) is 81.1 Å². The number of hydrogen-bond acceptors (Lipinski definition) is 4. The van der Waals surface area contributed by atoms with Crippen molar-refractivity contribution in [2.45, 2.75) is 0 Å². The fourth-order valence-electron chi connectivity index (χ4n) is 2.37. The van der Waals surface area contributed by atoms with Gasteiger partial charge in [-0.05, 0) is 48.5 Å². The van der Waals surface area contributed by atoms with E-state index < -0.39 is 11.8 Å². The number of benzene rings is 3. The molecule has 3 aromatic rings. The summed E-state index contributed by atoms with van der Waals surface area (Å²) >= 11 is 0. The second-order valence-electron chi connectivity index (χ2n) is 5.48. The predicted molar refractivity (Wildman–Crippen MR) is 96.5 cm³/mol. The van der Waals surface area contributed by atoms with E-state index in [9.17, 15) is 20.0 Å². The lowest BCUT2D eigenvalue weighted by molar-refractivity contribution is 0.0846. The number of carbonyl (C=O) groups excluding carboxylic acids is 2. The summed E-state index contributed by atoms with van der Waals surface area (Å²) in [6.07, 6.45) is 0. The Balaban J connectivity index is 1.76. The molecule has 6 nitrogen and oxygen atoms in total. The van der Waals surface area contributed by atoms with Gasteiger partial charge in [-0.2, -0.15) is 10.1 Å². The molecule has 0 saturated carbocycles. The first kappa shape index (κ1) is 17.3. The van der Waals surface area contributed by atoms with Crippen LogP contribution in [-0.2, 0) is 0 Å². The van der Waals surface area contributed by atoms with Crippen molar-refractivity contribution in [3.63, 3.8) is 0 Å². The predicted octanol–water partition coefficient (Wildman–Crippen LogP) is 3.76. The maximum Gasteiger partial charge on any atom is 0.281 e. The van der Waals surface area contributed by atoms with Gasteiger partial charge in [0.25, 0.3) is 11.8 Å². The van der Waals surface area contributed by atoms with Crippen LogP contribution in [0.2, 0.25) is 0 Å². The summed E-state index contributed by atoms with van der Waals surface area (Å²) in [6, 6.07) is 22.4. The van der Waals surface area contributed by atoms with Crippen LogP contribution >= 0.6 is 0 Å². The SMILES string of the molecule is O=C(c1ccc(C(=O)N(O)c2ccccc2)cc1)N(O)c1ccccc1. The standard InChI is InChI=1S/C20H16N2O4/c23-19(21(25)17-7-3-1-4-8-17)15-11-13-16(14-12-15)20(24)22(26)18-9-5-2-6-10-18/h1-14,25-26H. The highest BCUT2D eigenvalue weighted by atomic mass is 16.5. The van der Waals surface area contributed by atoms with E-state index in [4.69, 9.17) is 0 Å². The van der Waals surface area contributed by atoms with Crippen LogP contribution in [0.3, 0.4) is 0 Å². The summed E-state index contributed by atoms with van der Waals surface area (Å²) < 4.78 is 0. The van der Waals surface area contributed by atoms with Gasteiger partial charge in [0.15, 0.2) is 0 Å². The van der Waals surface area contributed by atoms with Crippen molar-refractivity contribution in [3.8, 4) is 0 Å². The van der Waals surface area contributed by atoms with Crippen LogP contribution in [0.15, 0.2) is 84.9 Å². The molecule has 0 heterocycles. The minimum absolute atomic E-state index is 0.206. The lowest BCUT2D eigenvalue weighted by Crippen LogP contribution is -2.28. The summed E-state index contributed by atoms with van der Waals surface area (Å²) in [4.78, 5) is 24.6. The van der Waals surface area contributed by atoms with Crippen molar-refractivity contribution in [2.75, 3.05) is 10.1 Å². The van der Waals surface area contributed by atoms with Crippen molar-refractivity contribution in [1.82, 2.24) is 0 Å². The quantitative estimate of drug-likeness (QED) is 0.556. The molecule has 0 bridgehead atoms. The average molecular weight is 348 g/mol. The minimum Gasteiger partial charge on any atom is -0.281 e. The van der Waals surface area contributed by atoms with Crippen LogP contribution in [0, 0.1) is 0 Å². The van der Waals surface area contributed by atoms with E-state index >= 15 is 0 Å². The Kier molecular flexibility index (Phi) is 5.07. The van der Waals surface area contributed by atoms with Gasteiger partial charge < -0.3 is 0 Å². The molecular weight excluding hydrogens is 332 g/mol. The molecule has 2 amide bonds. The number of hydrogen-bond donors (Lipinski definition) is 2. The first-order valence-corrected chi connectivity index (χ1v) is 7.85. The van der Waals surface area contributed by atoms with Crippen LogP contribution in [-0.4, -0.2) is 22.2 Å². The first-order chi connectivity index (χ1) is 12.6. The maximum absolute atomic E-state index is 12.3. The lowest BCUT2D eigenvalue weighted by Gasteiger charge is -2.16. The van der Waals surface area contributed by atoms with Crippen molar-refractivity contribution >= 4 is 23.2 Å². The molecule has 0 aromatic heterocycles. The molecule has 3 rings (SSSR count). The molecule has 0 aliphatic carbocycles. The van der Waals surface area contributed by atoms with Crippen molar-refractivity contribution in [2.24, 2.45) is 0 Å². The summed E-state index contributed by atoms with van der Waals surface area (Å²) in [7, 11) is 0. The van der Waals surface area contributed by atoms with Gasteiger partial charge >= 0.3 is 0 Å². The number of amides is 2. The third-order valence-electron chi connectivity index (χ3n) is 3.77. The number of nitrogens with zero attached hydrogens (tertiary/aromatic N) is 2. The third-order valence-corrected chi connectivity index (χ3v) is 3.77. The van der Waals surface area contributed by atoms with Gasteiger partial charge in [0.1, 0.15) is 0 Å². The number of hydroxylamine groups is 2. The van der Waals surface area contributed by atoms with Crippen LogP contribution in [0.4, 0.5) is 11.4 Å². The fraction of sp³-hybridized carbons (Fsp3) is 0. The van der Waals surface area contributed by atoms with E-state index in [1.54, 1.807) is 60.7 Å². The molecule has 0 atom stereocenters. The Bertz CT molecular complexity index is 820. The van der Waals surface area contributed by atoms with Crippen molar-refractivity contribution < 1.29 is 20.0 Å². The molecule has 0 unspecified atom stereocenters. The number of anilines is 2. The summed E-state index contributed by atoms with van der Waals surface area (Å²) in [5.41, 5.74) is 1.08. The molecule has 0 aliphatic rings. The Hall–Kier alpha value is -3.48. The molecule has 2 N–H and O–H groups in total. The number of rotatable bonds is 4. The number of para-hydroxylation sites is 2. The van der Waals surface area contributed by atoms with E-state index in [1.807, 2.05) is 0 Å². The number of carbonyl (C=O) groups is 2. The van der Waals surface area contributed by atoms with Gasteiger partial charge in [-0.15, -0.1) is 0 Å². The maximum atomic E-state index is 12.3. The molecule has 3 aromatic carbocycles. The van der Waals surface area contributed by atoms with Gasteiger partial charge in [-0.1, -0.05) is 36.4 Å². The average Bonchev–Trinajstić information content (AvgIpc) is 2.73. The minimum atomic E-state index is -0.626. The Morgan fingerprint density at radius 1 is 0.538 bits per heavy atom. The Labute approximate surface area is 150 Å². The van der Waals surface area contributed by atoms with Crippen molar-refractivity contribution in [3.05, 3.63) is 96.1 Å². The summed E-state index contributed by atoms with van der Waals surface area (Å²) in [6.45, 7) is 0. The summed E-state index contributed by atoms with van der Waals surface area (Å²) in [5, 5.41) is 21.1. The molecule has 6 heteroatoms. The first-order valence-electron chi connectivity index (χ1n) is 7.85. The van der Waals surface area contributed by atoms with Crippen LogP contribution in [0.25, 0.3) is 0 Å². The zero-order valence-electron chi connectivity index (χ0n) is 13.7.